The highest BCUT2D eigenvalue weighted by Gasteiger charge is 2.16. The molecule has 0 spiro atoms. The summed E-state index contributed by atoms with van der Waals surface area (Å²) in [7, 11) is 0. The van der Waals surface area contributed by atoms with Crippen LogP contribution in [0.1, 0.15) is 5.56 Å². The number of nitro groups is 1. The summed E-state index contributed by atoms with van der Waals surface area (Å²) in [5, 5.41) is 22.3. The molecule has 27 heavy (non-hydrogen) atoms. The molecule has 0 fully saturated rings. The van der Waals surface area contributed by atoms with E-state index >= 15 is 0 Å². The number of carbonyl (C=O) groups excluding carboxylic acids is 1. The van der Waals surface area contributed by atoms with Crippen molar-refractivity contribution in [1.29, 1.82) is 0 Å². The van der Waals surface area contributed by atoms with E-state index in [1.165, 1.54) is 12.1 Å². The Balaban J connectivity index is 1.61. The fourth-order valence-electron chi connectivity index (χ4n) is 2.25. The summed E-state index contributed by atoms with van der Waals surface area (Å²) >= 11 is 6.91. The van der Waals surface area contributed by atoms with Crippen molar-refractivity contribution in [3.8, 4) is 11.5 Å². The molecule has 0 aliphatic heterocycles. The highest BCUT2D eigenvalue weighted by atomic mass is 35.5. The number of benzene rings is 2. The van der Waals surface area contributed by atoms with E-state index in [9.17, 15) is 14.9 Å². The van der Waals surface area contributed by atoms with Gasteiger partial charge in [-0.15, -0.1) is 10.2 Å². The Morgan fingerprint density at radius 2 is 2.00 bits per heavy atom. The third-order valence-corrected chi connectivity index (χ3v) is 4.67. The SMILES string of the molecule is Cc1c(NC(=O)CSc2nnc(-c3ccc(Cl)cc3)o2)cccc1[N+](=O)[O-]. The van der Waals surface area contributed by atoms with Crippen LogP contribution in [0.5, 0.6) is 0 Å². The second-order valence-electron chi connectivity index (χ2n) is 5.42. The molecule has 138 valence electrons. The van der Waals surface area contributed by atoms with Gasteiger partial charge in [-0.1, -0.05) is 29.4 Å². The predicted octanol–water partition coefficient (Wildman–Crippen LogP) is 4.34. The van der Waals surface area contributed by atoms with Gasteiger partial charge >= 0.3 is 0 Å². The van der Waals surface area contributed by atoms with E-state index < -0.39 is 4.92 Å². The zero-order chi connectivity index (χ0) is 19.4. The van der Waals surface area contributed by atoms with Crippen molar-refractivity contribution >= 4 is 40.6 Å². The number of thioether (sulfide) groups is 1. The number of nitro benzene ring substituents is 1. The molecule has 1 heterocycles. The molecule has 0 unspecified atom stereocenters. The van der Waals surface area contributed by atoms with Crippen LogP contribution in [-0.2, 0) is 4.79 Å². The van der Waals surface area contributed by atoms with Crippen molar-refractivity contribution in [2.45, 2.75) is 12.1 Å². The number of nitrogens with zero attached hydrogens (tertiary/aromatic N) is 3. The van der Waals surface area contributed by atoms with E-state index in [0.29, 0.717) is 22.2 Å². The zero-order valence-corrected chi connectivity index (χ0v) is 15.6. The van der Waals surface area contributed by atoms with E-state index in [-0.39, 0.29) is 22.6 Å². The van der Waals surface area contributed by atoms with E-state index in [0.717, 1.165) is 17.3 Å². The van der Waals surface area contributed by atoms with E-state index in [4.69, 9.17) is 16.0 Å². The summed E-state index contributed by atoms with van der Waals surface area (Å²) in [4.78, 5) is 22.6. The lowest BCUT2D eigenvalue weighted by atomic mass is 10.1. The number of hydrogen-bond acceptors (Lipinski definition) is 7. The van der Waals surface area contributed by atoms with Gasteiger partial charge in [0, 0.05) is 16.7 Å². The molecular weight excluding hydrogens is 392 g/mol. The lowest BCUT2D eigenvalue weighted by molar-refractivity contribution is -0.385. The third-order valence-electron chi connectivity index (χ3n) is 3.60. The Kier molecular flexibility index (Phi) is 5.72. The Labute approximate surface area is 163 Å². The Morgan fingerprint density at radius 3 is 2.70 bits per heavy atom. The molecule has 8 nitrogen and oxygen atoms in total. The number of rotatable bonds is 6. The van der Waals surface area contributed by atoms with Crippen molar-refractivity contribution < 1.29 is 14.1 Å². The van der Waals surface area contributed by atoms with Crippen LogP contribution in [0.4, 0.5) is 11.4 Å². The Bertz CT molecular complexity index is 991. The van der Waals surface area contributed by atoms with E-state index in [1.807, 2.05) is 0 Å². The number of aromatic nitrogens is 2. The van der Waals surface area contributed by atoms with Crippen LogP contribution in [0.2, 0.25) is 5.02 Å². The first kappa shape index (κ1) is 18.9. The van der Waals surface area contributed by atoms with E-state index in [2.05, 4.69) is 15.5 Å². The van der Waals surface area contributed by atoms with Crippen molar-refractivity contribution in [2.24, 2.45) is 0 Å². The molecule has 0 saturated heterocycles. The Hall–Kier alpha value is -2.91. The molecule has 0 aliphatic rings. The summed E-state index contributed by atoms with van der Waals surface area (Å²) in [6.07, 6.45) is 0. The number of hydrogen-bond donors (Lipinski definition) is 1. The largest absolute Gasteiger partial charge is 0.411 e. The van der Waals surface area contributed by atoms with Crippen molar-refractivity contribution in [2.75, 3.05) is 11.1 Å². The molecule has 2 aromatic carbocycles. The van der Waals surface area contributed by atoms with Gasteiger partial charge in [-0.05, 0) is 37.3 Å². The fraction of sp³-hybridized carbons (Fsp3) is 0.118. The van der Waals surface area contributed by atoms with E-state index in [1.54, 1.807) is 37.3 Å². The zero-order valence-electron chi connectivity index (χ0n) is 14.0. The van der Waals surface area contributed by atoms with Crippen LogP contribution in [0.15, 0.2) is 52.1 Å². The van der Waals surface area contributed by atoms with Gasteiger partial charge in [0.1, 0.15) is 0 Å². The van der Waals surface area contributed by atoms with Gasteiger partial charge in [0.25, 0.3) is 10.9 Å². The van der Waals surface area contributed by atoms with Crippen LogP contribution >= 0.6 is 23.4 Å². The van der Waals surface area contributed by atoms with Gasteiger partial charge in [0.05, 0.1) is 21.9 Å². The van der Waals surface area contributed by atoms with Crippen LogP contribution in [0, 0.1) is 17.0 Å². The molecule has 0 radical (unpaired) electrons. The maximum Gasteiger partial charge on any atom is 0.277 e. The minimum Gasteiger partial charge on any atom is -0.411 e. The molecule has 10 heteroatoms. The van der Waals surface area contributed by atoms with Crippen LogP contribution in [0.25, 0.3) is 11.5 Å². The van der Waals surface area contributed by atoms with Crippen molar-refractivity contribution in [1.82, 2.24) is 10.2 Å². The smallest absolute Gasteiger partial charge is 0.277 e. The highest BCUT2D eigenvalue weighted by Crippen LogP contribution is 2.27. The molecular formula is C17H13ClN4O4S. The standard InChI is InChI=1S/C17H13ClN4O4S/c1-10-13(3-2-4-14(10)22(24)25)19-15(23)9-27-17-21-20-16(26-17)11-5-7-12(18)8-6-11/h2-8H,9H2,1H3,(H,19,23). The van der Waals surface area contributed by atoms with Gasteiger partial charge < -0.3 is 9.73 Å². The second kappa shape index (κ2) is 8.19. The summed E-state index contributed by atoms with van der Waals surface area (Å²) in [6.45, 7) is 1.58. The quantitative estimate of drug-likeness (QED) is 0.369. The summed E-state index contributed by atoms with van der Waals surface area (Å²) in [5.74, 6) is 0.00337. The number of carbonyl (C=O) groups is 1. The van der Waals surface area contributed by atoms with Gasteiger partial charge in [0.2, 0.25) is 11.8 Å². The minimum atomic E-state index is -0.490. The molecule has 3 rings (SSSR count). The maximum absolute atomic E-state index is 12.1. The molecule has 1 amide bonds. The number of nitrogens with one attached hydrogen (secondary N) is 1. The average molecular weight is 405 g/mol. The monoisotopic (exact) mass is 404 g/mol. The number of anilines is 1. The van der Waals surface area contributed by atoms with Crippen molar-refractivity contribution in [3.05, 3.63) is 63.2 Å². The Morgan fingerprint density at radius 1 is 1.26 bits per heavy atom. The molecule has 0 aliphatic carbocycles. The first-order chi connectivity index (χ1) is 12.9. The van der Waals surface area contributed by atoms with Gasteiger partial charge in [0.15, 0.2) is 0 Å². The summed E-state index contributed by atoms with van der Waals surface area (Å²) in [5.41, 5.74) is 1.45. The average Bonchev–Trinajstić information content (AvgIpc) is 3.11. The summed E-state index contributed by atoms with van der Waals surface area (Å²) < 4.78 is 5.51. The first-order valence-electron chi connectivity index (χ1n) is 7.70. The van der Waals surface area contributed by atoms with Gasteiger partial charge in [-0.2, -0.15) is 0 Å². The van der Waals surface area contributed by atoms with Crippen molar-refractivity contribution in [3.63, 3.8) is 0 Å². The lowest BCUT2D eigenvalue weighted by Crippen LogP contribution is -2.15. The van der Waals surface area contributed by atoms with Gasteiger partial charge in [-0.25, -0.2) is 0 Å². The first-order valence-corrected chi connectivity index (χ1v) is 9.06. The maximum atomic E-state index is 12.1. The van der Waals surface area contributed by atoms with Crippen LogP contribution in [-0.4, -0.2) is 26.8 Å². The topological polar surface area (TPSA) is 111 Å². The number of halogens is 1. The predicted molar refractivity (Wildman–Crippen MR) is 102 cm³/mol. The van der Waals surface area contributed by atoms with Gasteiger partial charge in [-0.3, -0.25) is 14.9 Å². The minimum absolute atomic E-state index is 0.0182. The lowest BCUT2D eigenvalue weighted by Gasteiger charge is -2.07. The number of amides is 1. The summed E-state index contributed by atoms with van der Waals surface area (Å²) in [6, 6.07) is 11.4. The molecule has 1 aromatic heterocycles. The van der Waals surface area contributed by atoms with Crippen LogP contribution in [0.3, 0.4) is 0 Å². The molecule has 0 saturated carbocycles. The van der Waals surface area contributed by atoms with Crippen LogP contribution < -0.4 is 5.32 Å². The highest BCUT2D eigenvalue weighted by molar-refractivity contribution is 7.99. The third kappa shape index (κ3) is 4.63. The molecule has 0 bridgehead atoms. The normalized spacial score (nSPS) is 10.6. The second-order valence-corrected chi connectivity index (χ2v) is 6.79. The molecule has 0 atom stereocenters. The molecule has 1 N–H and O–H groups in total. The fourth-order valence-corrected chi connectivity index (χ4v) is 2.94. The molecule has 3 aromatic rings.